The van der Waals surface area contributed by atoms with Gasteiger partial charge in [-0.3, -0.25) is 4.79 Å². The van der Waals surface area contributed by atoms with Crippen LogP contribution in [0.4, 0.5) is 0 Å². The molecule has 3 nitrogen and oxygen atoms in total. The van der Waals surface area contributed by atoms with Gasteiger partial charge < -0.3 is 9.64 Å². The quantitative estimate of drug-likeness (QED) is 0.724. The van der Waals surface area contributed by atoms with Crippen LogP contribution in [0.5, 0.6) is 0 Å². The minimum Gasteiger partial charge on any atom is -0.359 e. The van der Waals surface area contributed by atoms with Gasteiger partial charge in [-0.25, -0.2) is 0 Å². The van der Waals surface area contributed by atoms with Crippen molar-refractivity contribution in [2.75, 3.05) is 13.3 Å². The van der Waals surface area contributed by atoms with Crippen LogP contribution in [0.15, 0.2) is 24.3 Å². The Morgan fingerprint density at radius 1 is 1.44 bits per heavy atom. The summed E-state index contributed by atoms with van der Waals surface area (Å²) < 4.78 is 5.35. The van der Waals surface area contributed by atoms with E-state index in [2.05, 4.69) is 0 Å². The van der Waals surface area contributed by atoms with Gasteiger partial charge in [0.2, 0.25) is 0 Å². The summed E-state index contributed by atoms with van der Waals surface area (Å²) in [5.74, 6) is 0.0474. The number of hydrogen-bond acceptors (Lipinski definition) is 2. The molecule has 1 saturated heterocycles. The van der Waals surface area contributed by atoms with Crippen molar-refractivity contribution in [1.82, 2.24) is 4.90 Å². The molecule has 1 aliphatic rings. The van der Waals surface area contributed by atoms with Crippen LogP contribution in [0, 0.1) is 6.92 Å². The van der Waals surface area contributed by atoms with Gasteiger partial charge in [0.1, 0.15) is 6.73 Å². The van der Waals surface area contributed by atoms with Crippen molar-refractivity contribution in [2.24, 2.45) is 0 Å². The molecule has 2 rings (SSSR count). The highest BCUT2D eigenvalue weighted by Crippen LogP contribution is 2.23. The van der Waals surface area contributed by atoms with Gasteiger partial charge >= 0.3 is 0 Å². The molecule has 1 fully saturated rings. The topological polar surface area (TPSA) is 29.5 Å². The zero-order valence-corrected chi connectivity index (χ0v) is 9.99. The number of ether oxygens (including phenoxy) is 1. The second kappa shape index (κ2) is 3.91. The molecular weight excluding hydrogens is 202 g/mol. The summed E-state index contributed by atoms with van der Waals surface area (Å²) in [6.07, 6.45) is 0. The first-order valence-electron chi connectivity index (χ1n) is 5.47. The predicted molar refractivity (Wildman–Crippen MR) is 62.2 cm³/mol. The molecule has 0 bridgehead atoms. The van der Waals surface area contributed by atoms with E-state index in [-0.39, 0.29) is 11.4 Å². The highest BCUT2D eigenvalue weighted by Gasteiger charge is 2.36. The zero-order chi connectivity index (χ0) is 11.8. The lowest BCUT2D eigenvalue weighted by atomic mass is 10.0. The van der Waals surface area contributed by atoms with Crippen molar-refractivity contribution >= 4 is 5.91 Å². The van der Waals surface area contributed by atoms with Crippen LogP contribution in [0.1, 0.15) is 29.8 Å². The largest absolute Gasteiger partial charge is 0.359 e. The van der Waals surface area contributed by atoms with Crippen LogP contribution >= 0.6 is 0 Å². The average molecular weight is 219 g/mol. The van der Waals surface area contributed by atoms with Gasteiger partial charge in [-0.05, 0) is 32.9 Å². The highest BCUT2D eigenvalue weighted by atomic mass is 16.5. The van der Waals surface area contributed by atoms with Crippen molar-refractivity contribution in [1.29, 1.82) is 0 Å². The number of aryl methyl sites for hydroxylation is 1. The Kier molecular flexibility index (Phi) is 2.72. The minimum atomic E-state index is -0.208. The third-order valence-corrected chi connectivity index (χ3v) is 2.92. The van der Waals surface area contributed by atoms with Crippen molar-refractivity contribution in [3.05, 3.63) is 35.4 Å². The van der Waals surface area contributed by atoms with E-state index in [9.17, 15) is 4.79 Å². The Morgan fingerprint density at radius 2 is 2.19 bits per heavy atom. The fraction of sp³-hybridized carbons (Fsp3) is 0.462. The molecular formula is C13H17NO2. The van der Waals surface area contributed by atoms with Gasteiger partial charge in [-0.1, -0.05) is 17.7 Å². The SMILES string of the molecule is Cc1cccc(C(=O)N2COCC2(C)C)c1. The number of carbonyl (C=O) groups is 1. The average Bonchev–Trinajstić information content (AvgIpc) is 2.57. The Hall–Kier alpha value is -1.35. The zero-order valence-electron chi connectivity index (χ0n) is 9.99. The standard InChI is InChI=1S/C13H17NO2/c1-10-5-4-6-11(7-10)12(15)14-9-16-8-13(14,2)3/h4-7H,8-9H2,1-3H3. The molecule has 16 heavy (non-hydrogen) atoms. The van der Waals surface area contributed by atoms with Crippen molar-refractivity contribution in [3.8, 4) is 0 Å². The van der Waals surface area contributed by atoms with E-state index in [4.69, 9.17) is 4.74 Å². The molecule has 0 aromatic heterocycles. The van der Waals surface area contributed by atoms with Crippen LogP contribution in [-0.4, -0.2) is 29.7 Å². The van der Waals surface area contributed by atoms with E-state index in [1.54, 1.807) is 4.90 Å². The number of nitrogens with zero attached hydrogens (tertiary/aromatic N) is 1. The van der Waals surface area contributed by atoms with E-state index >= 15 is 0 Å². The first-order chi connectivity index (χ1) is 7.50. The fourth-order valence-corrected chi connectivity index (χ4v) is 1.91. The molecule has 3 heteroatoms. The Balaban J connectivity index is 2.26. The Morgan fingerprint density at radius 3 is 2.75 bits per heavy atom. The second-order valence-corrected chi connectivity index (χ2v) is 4.89. The first kappa shape index (κ1) is 11.1. The Bertz CT molecular complexity index is 412. The van der Waals surface area contributed by atoms with Gasteiger partial charge in [0.25, 0.3) is 5.91 Å². The van der Waals surface area contributed by atoms with E-state index in [0.717, 1.165) is 11.1 Å². The van der Waals surface area contributed by atoms with Crippen LogP contribution in [0.25, 0.3) is 0 Å². The van der Waals surface area contributed by atoms with Crippen LogP contribution in [0.2, 0.25) is 0 Å². The number of rotatable bonds is 1. The molecule has 1 aromatic carbocycles. The summed E-state index contributed by atoms with van der Waals surface area (Å²) in [4.78, 5) is 14.0. The monoisotopic (exact) mass is 219 g/mol. The third-order valence-electron chi connectivity index (χ3n) is 2.92. The van der Waals surface area contributed by atoms with Gasteiger partial charge in [-0.15, -0.1) is 0 Å². The molecule has 86 valence electrons. The van der Waals surface area contributed by atoms with Crippen molar-refractivity contribution in [2.45, 2.75) is 26.3 Å². The molecule has 0 saturated carbocycles. The molecule has 0 aliphatic carbocycles. The van der Waals surface area contributed by atoms with Gasteiger partial charge in [-0.2, -0.15) is 0 Å². The normalized spacial score (nSPS) is 18.8. The fourth-order valence-electron chi connectivity index (χ4n) is 1.91. The highest BCUT2D eigenvalue weighted by molar-refractivity contribution is 5.95. The van der Waals surface area contributed by atoms with Crippen LogP contribution in [0.3, 0.4) is 0 Å². The number of amides is 1. The number of carbonyl (C=O) groups excluding carboxylic acids is 1. The maximum absolute atomic E-state index is 12.3. The lowest BCUT2D eigenvalue weighted by molar-refractivity contribution is 0.0605. The molecule has 0 unspecified atom stereocenters. The summed E-state index contributed by atoms with van der Waals surface area (Å²) in [5.41, 5.74) is 1.63. The van der Waals surface area contributed by atoms with E-state index in [1.807, 2.05) is 45.0 Å². The lowest BCUT2D eigenvalue weighted by Crippen LogP contribution is -2.44. The maximum atomic E-state index is 12.3. The number of hydrogen-bond donors (Lipinski definition) is 0. The molecule has 1 amide bonds. The molecule has 1 aliphatic heterocycles. The summed E-state index contributed by atoms with van der Waals surface area (Å²) in [7, 11) is 0. The molecule has 0 spiro atoms. The lowest BCUT2D eigenvalue weighted by Gasteiger charge is -2.29. The summed E-state index contributed by atoms with van der Waals surface area (Å²) in [5, 5.41) is 0. The summed E-state index contributed by atoms with van der Waals surface area (Å²) in [6, 6.07) is 7.66. The summed E-state index contributed by atoms with van der Waals surface area (Å²) >= 11 is 0. The second-order valence-electron chi connectivity index (χ2n) is 4.89. The number of benzene rings is 1. The predicted octanol–water partition coefficient (Wildman–Crippen LogP) is 2.20. The van der Waals surface area contributed by atoms with E-state index in [1.165, 1.54) is 0 Å². The maximum Gasteiger partial charge on any atom is 0.256 e. The van der Waals surface area contributed by atoms with Crippen molar-refractivity contribution < 1.29 is 9.53 Å². The first-order valence-corrected chi connectivity index (χ1v) is 5.47. The van der Waals surface area contributed by atoms with Gasteiger partial charge in [0.15, 0.2) is 0 Å². The van der Waals surface area contributed by atoms with E-state index in [0.29, 0.717) is 13.3 Å². The molecule has 1 aromatic rings. The molecule has 0 atom stereocenters. The van der Waals surface area contributed by atoms with Gasteiger partial charge in [0.05, 0.1) is 12.1 Å². The summed E-state index contributed by atoms with van der Waals surface area (Å²) in [6.45, 7) is 7.02. The van der Waals surface area contributed by atoms with Crippen LogP contribution < -0.4 is 0 Å². The molecule has 0 N–H and O–H groups in total. The molecule has 1 heterocycles. The Labute approximate surface area is 96.0 Å². The van der Waals surface area contributed by atoms with Gasteiger partial charge in [0, 0.05) is 5.56 Å². The minimum absolute atomic E-state index is 0.0474. The third kappa shape index (κ3) is 1.95. The van der Waals surface area contributed by atoms with Crippen molar-refractivity contribution in [3.63, 3.8) is 0 Å². The van der Waals surface area contributed by atoms with Crippen LogP contribution in [-0.2, 0) is 4.74 Å². The smallest absolute Gasteiger partial charge is 0.256 e. The van der Waals surface area contributed by atoms with E-state index < -0.39 is 0 Å². The molecule has 0 radical (unpaired) electrons.